The van der Waals surface area contributed by atoms with Crippen LogP contribution < -0.4 is 9.80 Å². The molecular formula is C23H27N7O. The molecule has 3 fully saturated rings. The summed E-state index contributed by atoms with van der Waals surface area (Å²) in [5.41, 5.74) is 2.40. The highest BCUT2D eigenvalue weighted by Gasteiger charge is 2.50. The fraction of sp³-hybridized carbons (Fsp3) is 0.478. The Kier molecular flexibility index (Phi) is 4.60. The molecule has 2 saturated heterocycles. The molecule has 1 aliphatic carbocycles. The van der Waals surface area contributed by atoms with Gasteiger partial charge in [0.1, 0.15) is 12.1 Å². The highest BCUT2D eigenvalue weighted by Crippen LogP contribution is 2.48. The number of nitrogens with zero attached hydrogens (tertiary/aromatic N) is 7. The molecule has 3 aromatic rings. The number of pyridine rings is 1. The van der Waals surface area contributed by atoms with Gasteiger partial charge in [-0.3, -0.25) is 14.9 Å². The third-order valence-corrected chi connectivity index (χ3v) is 7.17. The van der Waals surface area contributed by atoms with Gasteiger partial charge in [-0.25, -0.2) is 9.97 Å². The third-order valence-electron chi connectivity index (χ3n) is 7.17. The topological polar surface area (TPSA) is 74.4 Å². The van der Waals surface area contributed by atoms with Gasteiger partial charge in [-0.15, -0.1) is 0 Å². The van der Waals surface area contributed by atoms with Crippen LogP contribution in [-0.4, -0.2) is 70.1 Å². The maximum Gasteiger partial charge on any atom is 0.297 e. The van der Waals surface area contributed by atoms with Crippen LogP contribution >= 0.6 is 0 Å². The molecule has 0 bridgehead atoms. The Morgan fingerprint density at radius 3 is 2.61 bits per heavy atom. The van der Waals surface area contributed by atoms with Crippen molar-refractivity contribution in [1.82, 2.24) is 24.8 Å². The van der Waals surface area contributed by atoms with Crippen molar-refractivity contribution < 1.29 is 4.42 Å². The summed E-state index contributed by atoms with van der Waals surface area (Å²) in [6.07, 6.45) is 14.4. The molecule has 6 rings (SSSR count). The number of anilines is 2. The minimum absolute atomic E-state index is 0.455. The van der Waals surface area contributed by atoms with Gasteiger partial charge in [0.25, 0.3) is 6.01 Å². The lowest BCUT2D eigenvalue weighted by molar-refractivity contribution is 0.151. The molecule has 8 nitrogen and oxygen atoms in total. The molecule has 1 spiro atoms. The summed E-state index contributed by atoms with van der Waals surface area (Å²) < 4.78 is 5.46. The molecule has 0 amide bonds. The van der Waals surface area contributed by atoms with Gasteiger partial charge in [-0.1, -0.05) is 0 Å². The molecule has 0 radical (unpaired) electrons. The molecule has 160 valence electrons. The van der Waals surface area contributed by atoms with Crippen molar-refractivity contribution >= 4 is 11.8 Å². The normalized spacial score (nSPS) is 23.3. The zero-order chi connectivity index (χ0) is 20.7. The van der Waals surface area contributed by atoms with Gasteiger partial charge < -0.3 is 14.2 Å². The maximum absolute atomic E-state index is 5.46. The Balaban J connectivity index is 1.08. The van der Waals surface area contributed by atoms with Crippen LogP contribution in [0.4, 0.5) is 11.8 Å². The fourth-order valence-electron chi connectivity index (χ4n) is 5.63. The van der Waals surface area contributed by atoms with Gasteiger partial charge in [0.15, 0.2) is 0 Å². The van der Waals surface area contributed by atoms with E-state index < -0.39 is 0 Å². The van der Waals surface area contributed by atoms with E-state index in [4.69, 9.17) is 9.40 Å². The minimum atomic E-state index is 0.455. The average molecular weight is 418 g/mol. The van der Waals surface area contributed by atoms with Crippen LogP contribution in [0.25, 0.3) is 11.3 Å². The van der Waals surface area contributed by atoms with Crippen molar-refractivity contribution in [2.45, 2.75) is 25.3 Å². The molecule has 1 atom stereocenters. The van der Waals surface area contributed by atoms with E-state index in [0.29, 0.717) is 11.5 Å². The van der Waals surface area contributed by atoms with E-state index in [9.17, 15) is 0 Å². The monoisotopic (exact) mass is 417 g/mol. The molecule has 0 aromatic carbocycles. The molecular weight excluding hydrogens is 390 g/mol. The van der Waals surface area contributed by atoms with Crippen molar-refractivity contribution in [3.8, 4) is 11.3 Å². The summed E-state index contributed by atoms with van der Waals surface area (Å²) in [7, 11) is 0. The van der Waals surface area contributed by atoms with Crippen molar-refractivity contribution in [2.24, 2.45) is 5.41 Å². The largest absolute Gasteiger partial charge is 0.432 e. The standard InChI is InChI=1S/C23H27N7O/c1-2-19(20-15-24-6-7-25-20)21(26-5-1)29-11-9-28(10-12-29)18-3-4-23(14-18)16-30(17-23)22-27-8-13-31-22/h1-2,5-8,13,15,18H,3-4,9-12,14,16-17H2. The van der Waals surface area contributed by atoms with Crippen molar-refractivity contribution in [3.63, 3.8) is 0 Å². The lowest BCUT2D eigenvalue weighted by Gasteiger charge is -2.48. The maximum atomic E-state index is 5.46. The van der Waals surface area contributed by atoms with Gasteiger partial charge in [0.2, 0.25) is 0 Å². The van der Waals surface area contributed by atoms with Crippen LogP contribution in [0.3, 0.4) is 0 Å². The number of oxazole rings is 1. The smallest absolute Gasteiger partial charge is 0.297 e. The summed E-state index contributed by atoms with van der Waals surface area (Å²) in [6, 6.07) is 5.53. The summed E-state index contributed by atoms with van der Waals surface area (Å²) in [4.78, 5) is 25.1. The highest BCUT2D eigenvalue weighted by molar-refractivity contribution is 5.72. The summed E-state index contributed by atoms with van der Waals surface area (Å²) >= 11 is 0. The Bertz CT molecular complexity index is 1010. The predicted molar refractivity (Wildman–Crippen MR) is 118 cm³/mol. The zero-order valence-corrected chi connectivity index (χ0v) is 17.6. The van der Waals surface area contributed by atoms with E-state index in [1.807, 2.05) is 18.5 Å². The average Bonchev–Trinajstić information content (AvgIpc) is 3.49. The molecule has 3 aromatic heterocycles. The number of hydrogen-bond acceptors (Lipinski definition) is 8. The first-order valence-corrected chi connectivity index (χ1v) is 11.1. The SMILES string of the molecule is c1cnc(N2CCN(C3CCC4(C3)CN(c3ncco3)C4)CC2)c(-c2cnccn2)c1. The van der Waals surface area contributed by atoms with Gasteiger partial charge in [0, 0.05) is 74.9 Å². The van der Waals surface area contributed by atoms with Crippen molar-refractivity contribution in [3.05, 3.63) is 49.4 Å². The molecule has 1 unspecified atom stereocenters. The number of rotatable bonds is 4. The quantitative estimate of drug-likeness (QED) is 0.642. The van der Waals surface area contributed by atoms with E-state index in [0.717, 1.165) is 62.4 Å². The molecule has 5 heterocycles. The first kappa shape index (κ1) is 18.7. The molecule has 3 aliphatic rings. The van der Waals surface area contributed by atoms with Gasteiger partial charge in [0.05, 0.1) is 18.1 Å². The van der Waals surface area contributed by atoms with Crippen molar-refractivity contribution in [1.29, 1.82) is 0 Å². The number of piperazine rings is 1. The number of hydrogen-bond donors (Lipinski definition) is 0. The molecule has 8 heteroatoms. The zero-order valence-electron chi connectivity index (χ0n) is 17.6. The van der Waals surface area contributed by atoms with Crippen molar-refractivity contribution in [2.75, 3.05) is 49.1 Å². The van der Waals surface area contributed by atoms with Gasteiger partial charge >= 0.3 is 0 Å². The first-order valence-electron chi connectivity index (χ1n) is 11.1. The lowest BCUT2D eigenvalue weighted by atomic mass is 9.78. The molecule has 31 heavy (non-hydrogen) atoms. The number of aromatic nitrogens is 4. The highest BCUT2D eigenvalue weighted by atomic mass is 16.4. The summed E-state index contributed by atoms with van der Waals surface area (Å²) in [6.45, 7) is 6.33. The molecule has 1 saturated carbocycles. The second-order valence-corrected chi connectivity index (χ2v) is 9.06. The fourth-order valence-corrected chi connectivity index (χ4v) is 5.63. The Labute approximate surface area is 181 Å². The molecule has 2 aliphatic heterocycles. The summed E-state index contributed by atoms with van der Waals surface area (Å²) in [5, 5.41) is 0. The van der Waals surface area contributed by atoms with Crippen LogP contribution in [0.5, 0.6) is 0 Å². The van der Waals surface area contributed by atoms with E-state index in [1.165, 1.54) is 19.3 Å². The summed E-state index contributed by atoms with van der Waals surface area (Å²) in [5.74, 6) is 1.02. The van der Waals surface area contributed by atoms with E-state index >= 15 is 0 Å². The Morgan fingerprint density at radius 2 is 1.84 bits per heavy atom. The van der Waals surface area contributed by atoms with E-state index in [1.54, 1.807) is 24.9 Å². The Morgan fingerprint density at radius 1 is 0.935 bits per heavy atom. The minimum Gasteiger partial charge on any atom is -0.432 e. The second kappa shape index (κ2) is 7.60. The first-order chi connectivity index (χ1) is 15.3. The van der Waals surface area contributed by atoms with Gasteiger partial charge in [-0.2, -0.15) is 0 Å². The Hall–Kier alpha value is -3.00. The van der Waals surface area contributed by atoms with Gasteiger partial charge in [-0.05, 0) is 31.4 Å². The van der Waals surface area contributed by atoms with Crippen LogP contribution in [0, 0.1) is 5.41 Å². The van der Waals surface area contributed by atoms with Crippen LogP contribution in [0.15, 0.2) is 53.8 Å². The van der Waals surface area contributed by atoms with E-state index in [-0.39, 0.29) is 0 Å². The predicted octanol–water partition coefficient (Wildman–Crippen LogP) is 2.71. The third kappa shape index (κ3) is 3.44. The van der Waals surface area contributed by atoms with E-state index in [2.05, 4.69) is 35.7 Å². The van der Waals surface area contributed by atoms with Crippen LogP contribution in [-0.2, 0) is 0 Å². The second-order valence-electron chi connectivity index (χ2n) is 9.06. The van der Waals surface area contributed by atoms with Crippen LogP contribution in [0.2, 0.25) is 0 Å². The lowest BCUT2D eigenvalue weighted by Crippen LogP contribution is -2.56. The van der Waals surface area contributed by atoms with Crippen LogP contribution in [0.1, 0.15) is 19.3 Å². The molecule has 0 N–H and O–H groups in total.